The Morgan fingerprint density at radius 2 is 2.07 bits per heavy atom. The molecule has 8 nitrogen and oxygen atoms in total. The summed E-state index contributed by atoms with van der Waals surface area (Å²) < 4.78 is 10.8. The van der Waals surface area contributed by atoms with E-state index >= 15 is 0 Å². The van der Waals surface area contributed by atoms with E-state index in [1.54, 1.807) is 32.9 Å². The van der Waals surface area contributed by atoms with E-state index in [4.69, 9.17) is 14.6 Å². The van der Waals surface area contributed by atoms with Crippen LogP contribution in [0.5, 0.6) is 5.75 Å². The van der Waals surface area contributed by atoms with Crippen LogP contribution in [0.25, 0.3) is 0 Å². The van der Waals surface area contributed by atoms with Gasteiger partial charge in [0.25, 0.3) is 0 Å². The third kappa shape index (κ3) is 6.80. The van der Waals surface area contributed by atoms with Crippen LogP contribution in [-0.2, 0) is 20.7 Å². The number of amides is 2. The number of anilines is 1. The molecule has 1 aromatic carbocycles. The maximum atomic E-state index is 11.9. The second-order valence-corrected chi connectivity index (χ2v) is 7.44. The molecule has 2 rings (SSSR count). The second kappa shape index (κ2) is 8.75. The van der Waals surface area contributed by atoms with Gasteiger partial charge in [-0.15, -0.1) is 0 Å². The number of carboxylic acid groups (broad SMARTS) is 1. The Kier molecular flexibility index (Phi) is 6.65. The van der Waals surface area contributed by atoms with Gasteiger partial charge in [-0.2, -0.15) is 0 Å². The summed E-state index contributed by atoms with van der Waals surface area (Å²) in [6, 6.07) is 5.31. The lowest BCUT2D eigenvalue weighted by atomic mass is 9.90. The minimum absolute atomic E-state index is 0.202. The molecule has 1 aromatic rings. The van der Waals surface area contributed by atoms with Gasteiger partial charge in [-0.25, -0.2) is 4.79 Å². The molecule has 1 aliphatic heterocycles. The van der Waals surface area contributed by atoms with Gasteiger partial charge in [0.15, 0.2) is 0 Å². The first-order chi connectivity index (χ1) is 12.6. The van der Waals surface area contributed by atoms with E-state index < -0.39 is 23.6 Å². The highest BCUT2D eigenvalue weighted by molar-refractivity contribution is 5.97. The number of hydrogen-bond donors (Lipinski definition) is 3. The van der Waals surface area contributed by atoms with Crippen LogP contribution in [0, 0.1) is 5.92 Å². The van der Waals surface area contributed by atoms with Gasteiger partial charge in [0.05, 0.1) is 18.9 Å². The van der Waals surface area contributed by atoms with Crippen molar-refractivity contribution in [2.45, 2.75) is 45.6 Å². The minimum atomic E-state index is -0.997. The number of alkyl carbamates (subject to hydrolysis) is 1. The monoisotopic (exact) mass is 378 g/mol. The van der Waals surface area contributed by atoms with E-state index in [0.717, 1.165) is 5.56 Å². The normalized spacial score (nSPS) is 16.1. The molecule has 0 aliphatic carbocycles. The summed E-state index contributed by atoms with van der Waals surface area (Å²) >= 11 is 0. The second-order valence-electron chi connectivity index (χ2n) is 7.44. The number of ether oxygens (including phenoxy) is 2. The molecule has 8 heteroatoms. The maximum absolute atomic E-state index is 11.9. The fourth-order valence-electron chi connectivity index (χ4n) is 2.69. The number of carboxylic acids is 1. The SMILES string of the molecule is CC(C)(C)OC(=O)NCCCOc1ccc2c(c1)CC(CC(=O)O)C(=O)N2. The minimum Gasteiger partial charge on any atom is -0.494 e. The Hall–Kier alpha value is -2.77. The maximum Gasteiger partial charge on any atom is 0.407 e. The average Bonchev–Trinajstić information content (AvgIpc) is 2.53. The Labute approximate surface area is 158 Å². The third-order valence-corrected chi connectivity index (χ3v) is 3.85. The molecule has 148 valence electrons. The van der Waals surface area contributed by atoms with Crippen molar-refractivity contribution in [1.29, 1.82) is 0 Å². The summed E-state index contributed by atoms with van der Waals surface area (Å²) in [6.07, 6.45) is 0.309. The van der Waals surface area contributed by atoms with Crippen molar-refractivity contribution in [3.05, 3.63) is 23.8 Å². The largest absolute Gasteiger partial charge is 0.494 e. The molecule has 0 spiro atoms. The number of nitrogens with one attached hydrogen (secondary N) is 2. The van der Waals surface area contributed by atoms with Crippen molar-refractivity contribution < 1.29 is 29.0 Å². The van der Waals surface area contributed by atoms with Crippen LogP contribution in [0.1, 0.15) is 39.2 Å². The van der Waals surface area contributed by atoms with Crippen LogP contribution in [0.4, 0.5) is 10.5 Å². The summed E-state index contributed by atoms with van der Waals surface area (Å²) in [6.45, 7) is 6.23. The lowest BCUT2D eigenvalue weighted by Crippen LogP contribution is -2.33. The summed E-state index contributed by atoms with van der Waals surface area (Å²) in [5, 5.41) is 14.3. The zero-order valence-corrected chi connectivity index (χ0v) is 15.8. The third-order valence-electron chi connectivity index (χ3n) is 3.85. The molecule has 1 aliphatic rings. The highest BCUT2D eigenvalue weighted by Gasteiger charge is 2.28. The summed E-state index contributed by atoms with van der Waals surface area (Å²) in [4.78, 5) is 34.3. The molecule has 1 heterocycles. The van der Waals surface area contributed by atoms with Crippen LogP contribution in [-0.4, -0.2) is 41.8 Å². The van der Waals surface area contributed by atoms with Crippen molar-refractivity contribution in [2.75, 3.05) is 18.5 Å². The molecular weight excluding hydrogens is 352 g/mol. The number of carbonyl (C=O) groups is 3. The predicted octanol–water partition coefficient (Wildman–Crippen LogP) is 2.57. The number of carbonyl (C=O) groups excluding carboxylic acids is 2. The molecule has 0 saturated heterocycles. The Balaban J connectivity index is 1.79. The first-order valence-corrected chi connectivity index (χ1v) is 8.89. The average molecular weight is 378 g/mol. The van der Waals surface area contributed by atoms with E-state index in [0.29, 0.717) is 37.4 Å². The standard InChI is InChI=1S/C19H26N2O6/c1-19(2,3)27-18(25)20-7-4-8-26-14-5-6-15-12(10-14)9-13(11-16(22)23)17(24)21-15/h5-6,10,13H,4,7-9,11H2,1-3H3,(H,20,25)(H,21,24)(H,22,23). The van der Waals surface area contributed by atoms with Crippen molar-refractivity contribution in [3.63, 3.8) is 0 Å². The molecular formula is C19H26N2O6. The van der Waals surface area contributed by atoms with Gasteiger partial charge in [-0.1, -0.05) is 0 Å². The highest BCUT2D eigenvalue weighted by Crippen LogP contribution is 2.30. The molecule has 27 heavy (non-hydrogen) atoms. The number of hydrogen-bond acceptors (Lipinski definition) is 5. The van der Waals surface area contributed by atoms with Gasteiger partial charge in [0.2, 0.25) is 5.91 Å². The van der Waals surface area contributed by atoms with E-state index in [2.05, 4.69) is 10.6 Å². The topological polar surface area (TPSA) is 114 Å². The van der Waals surface area contributed by atoms with Gasteiger partial charge < -0.3 is 25.2 Å². The molecule has 0 radical (unpaired) electrons. The van der Waals surface area contributed by atoms with E-state index in [1.165, 1.54) is 0 Å². The fourth-order valence-corrected chi connectivity index (χ4v) is 2.69. The quantitative estimate of drug-likeness (QED) is 0.628. The fraction of sp³-hybridized carbons (Fsp3) is 0.526. The van der Waals surface area contributed by atoms with Crippen LogP contribution >= 0.6 is 0 Å². The molecule has 3 N–H and O–H groups in total. The van der Waals surface area contributed by atoms with Crippen molar-refractivity contribution in [3.8, 4) is 5.75 Å². The van der Waals surface area contributed by atoms with Crippen LogP contribution in [0.15, 0.2) is 18.2 Å². The van der Waals surface area contributed by atoms with Gasteiger partial charge in [0, 0.05) is 12.2 Å². The van der Waals surface area contributed by atoms with Crippen LogP contribution < -0.4 is 15.4 Å². The number of aliphatic carboxylic acids is 1. The molecule has 1 atom stereocenters. The molecule has 1 unspecified atom stereocenters. The summed E-state index contributed by atoms with van der Waals surface area (Å²) in [5.41, 5.74) is 1.00. The number of benzene rings is 1. The first kappa shape index (κ1) is 20.5. The molecule has 0 aromatic heterocycles. The summed E-state index contributed by atoms with van der Waals surface area (Å²) in [7, 11) is 0. The van der Waals surface area contributed by atoms with Gasteiger partial charge >= 0.3 is 12.1 Å². The van der Waals surface area contributed by atoms with Crippen molar-refractivity contribution in [1.82, 2.24) is 5.32 Å². The van der Waals surface area contributed by atoms with Crippen LogP contribution in [0.2, 0.25) is 0 Å². The van der Waals surface area contributed by atoms with Gasteiger partial charge in [-0.3, -0.25) is 9.59 Å². The molecule has 0 bridgehead atoms. The Morgan fingerprint density at radius 1 is 1.33 bits per heavy atom. The van der Waals surface area contributed by atoms with E-state index in [1.807, 2.05) is 6.07 Å². The predicted molar refractivity (Wildman–Crippen MR) is 98.9 cm³/mol. The number of rotatable bonds is 7. The zero-order chi connectivity index (χ0) is 20.0. The number of fused-ring (bicyclic) bond motifs is 1. The molecule has 0 fully saturated rings. The summed E-state index contributed by atoms with van der Waals surface area (Å²) in [5.74, 6) is -1.21. The van der Waals surface area contributed by atoms with E-state index in [9.17, 15) is 14.4 Å². The molecule has 2 amide bonds. The smallest absolute Gasteiger partial charge is 0.407 e. The lowest BCUT2D eigenvalue weighted by Gasteiger charge is -2.24. The molecule has 0 saturated carbocycles. The van der Waals surface area contributed by atoms with Crippen molar-refractivity contribution in [2.24, 2.45) is 5.92 Å². The van der Waals surface area contributed by atoms with E-state index in [-0.39, 0.29) is 12.3 Å². The van der Waals surface area contributed by atoms with Gasteiger partial charge in [0.1, 0.15) is 11.4 Å². The highest BCUT2D eigenvalue weighted by atomic mass is 16.6. The van der Waals surface area contributed by atoms with Crippen LogP contribution in [0.3, 0.4) is 0 Å². The Morgan fingerprint density at radius 3 is 2.74 bits per heavy atom. The zero-order valence-electron chi connectivity index (χ0n) is 15.8. The van der Waals surface area contributed by atoms with Crippen molar-refractivity contribution >= 4 is 23.7 Å². The van der Waals surface area contributed by atoms with Gasteiger partial charge in [-0.05, 0) is 57.4 Å². The lowest BCUT2D eigenvalue weighted by molar-refractivity contribution is -0.140. The first-order valence-electron chi connectivity index (χ1n) is 8.89. The Bertz CT molecular complexity index is 711.